The summed E-state index contributed by atoms with van der Waals surface area (Å²) >= 11 is 7.15. The number of benzene rings is 1. The second-order valence-electron chi connectivity index (χ2n) is 2.94. The Morgan fingerprint density at radius 3 is 2.81 bits per heavy atom. The van der Waals surface area contributed by atoms with Crippen molar-refractivity contribution in [3.8, 4) is 0 Å². The fourth-order valence-corrected chi connectivity index (χ4v) is 2.27. The molecule has 0 unspecified atom stereocenters. The van der Waals surface area contributed by atoms with Gasteiger partial charge in [0.25, 0.3) is 0 Å². The first-order chi connectivity index (χ1) is 7.83. The Labute approximate surface area is 109 Å². The molecule has 0 spiro atoms. The minimum atomic E-state index is -0.216. The van der Waals surface area contributed by atoms with E-state index in [1.807, 2.05) is 18.2 Å². The molecule has 0 bridgehead atoms. The molecule has 0 saturated heterocycles. The summed E-state index contributed by atoms with van der Waals surface area (Å²) in [6.07, 6.45) is 0.424. The molecule has 0 heterocycles. The Morgan fingerprint density at radius 1 is 1.38 bits per heavy atom. The minimum Gasteiger partial charge on any atom is -0.386 e. The molecule has 0 aromatic heterocycles. The van der Waals surface area contributed by atoms with E-state index in [2.05, 4.69) is 24.4 Å². The highest BCUT2D eigenvalue weighted by molar-refractivity contribution is 8.17. The predicted octanol–water partition coefficient (Wildman–Crippen LogP) is 3.46. The third kappa shape index (κ3) is 6.15. The van der Waals surface area contributed by atoms with Gasteiger partial charge >= 0.3 is 5.97 Å². The fourth-order valence-electron chi connectivity index (χ4n) is 1.03. The molecule has 2 nitrogen and oxygen atoms in total. The Morgan fingerprint density at radius 2 is 2.12 bits per heavy atom. The van der Waals surface area contributed by atoms with E-state index in [1.54, 1.807) is 11.8 Å². The van der Waals surface area contributed by atoms with E-state index in [9.17, 15) is 4.79 Å². The van der Waals surface area contributed by atoms with Crippen LogP contribution < -0.4 is 0 Å². The molecule has 0 radical (unpaired) electrons. The molecule has 0 N–H and O–H groups in total. The van der Waals surface area contributed by atoms with Crippen LogP contribution in [0.1, 0.15) is 12.0 Å². The maximum Gasteiger partial charge on any atom is 0.319 e. The lowest BCUT2D eigenvalue weighted by molar-refractivity contribution is -0.132. The zero-order valence-electron chi connectivity index (χ0n) is 8.63. The van der Waals surface area contributed by atoms with Gasteiger partial charge in [-0.3, -0.25) is 4.79 Å². The summed E-state index contributed by atoms with van der Waals surface area (Å²) < 4.78 is 6.08. The lowest BCUT2D eigenvalue weighted by Gasteiger charge is -2.01. The van der Waals surface area contributed by atoms with Gasteiger partial charge in [0.15, 0.2) is 0 Å². The van der Waals surface area contributed by atoms with Gasteiger partial charge in [-0.05, 0) is 5.56 Å². The summed E-state index contributed by atoms with van der Waals surface area (Å²) in [5.74, 6) is 1.48. The van der Waals surface area contributed by atoms with Gasteiger partial charge in [-0.2, -0.15) is 11.8 Å². The van der Waals surface area contributed by atoms with E-state index in [4.69, 9.17) is 4.18 Å². The molecule has 5 heteroatoms. The van der Waals surface area contributed by atoms with Gasteiger partial charge in [0.2, 0.25) is 0 Å². The van der Waals surface area contributed by atoms with Crippen molar-refractivity contribution in [2.45, 2.75) is 12.2 Å². The fraction of sp³-hybridized carbons (Fsp3) is 0.273. The summed E-state index contributed by atoms with van der Waals surface area (Å²) in [7, 11) is 0. The Kier molecular flexibility index (Phi) is 7.29. The molecule has 0 aliphatic heterocycles. The SMILES string of the molecule is O=C(CCSCc1ccccc1)OSC=S. The van der Waals surface area contributed by atoms with Crippen LogP contribution in [-0.2, 0) is 14.7 Å². The highest BCUT2D eigenvalue weighted by Crippen LogP contribution is 2.13. The zero-order chi connectivity index (χ0) is 11.6. The number of carbonyl (C=O) groups is 1. The normalized spacial score (nSPS) is 9.75. The van der Waals surface area contributed by atoms with Crippen LogP contribution in [0.4, 0.5) is 0 Å². The van der Waals surface area contributed by atoms with Crippen LogP contribution in [0.15, 0.2) is 30.3 Å². The standard InChI is InChI=1S/C11H12O2S3/c12-11(13-16-9-14)6-7-15-8-10-4-2-1-3-5-10/h1-5,9H,6-8H2. The van der Waals surface area contributed by atoms with Gasteiger partial charge in [-0.25, -0.2) is 0 Å². The van der Waals surface area contributed by atoms with Gasteiger partial charge in [0.05, 0.1) is 23.2 Å². The van der Waals surface area contributed by atoms with Crippen LogP contribution >= 0.6 is 36.0 Å². The zero-order valence-corrected chi connectivity index (χ0v) is 11.1. The molecular formula is C11H12O2S3. The van der Waals surface area contributed by atoms with Crippen molar-refractivity contribution in [1.29, 1.82) is 0 Å². The van der Waals surface area contributed by atoms with Gasteiger partial charge in [-0.15, -0.1) is 0 Å². The Hall–Kier alpha value is -0.520. The summed E-state index contributed by atoms with van der Waals surface area (Å²) in [5.41, 5.74) is 1.27. The summed E-state index contributed by atoms with van der Waals surface area (Å²) in [4.78, 5) is 11.1. The quantitative estimate of drug-likeness (QED) is 0.430. The monoisotopic (exact) mass is 272 g/mol. The van der Waals surface area contributed by atoms with Crippen LogP contribution in [-0.4, -0.2) is 16.4 Å². The number of thioether (sulfide) groups is 1. The predicted molar refractivity (Wildman–Crippen MR) is 74.6 cm³/mol. The number of hydrogen-bond donors (Lipinski definition) is 0. The molecule has 1 rings (SSSR count). The molecule has 0 aliphatic carbocycles. The van der Waals surface area contributed by atoms with E-state index in [1.165, 1.54) is 10.3 Å². The van der Waals surface area contributed by atoms with Crippen molar-refractivity contribution >= 4 is 46.7 Å². The molecule has 0 aliphatic rings. The highest BCUT2D eigenvalue weighted by atomic mass is 32.2. The molecule has 86 valence electrons. The van der Waals surface area contributed by atoms with Gasteiger partial charge in [0, 0.05) is 11.5 Å². The number of hydrogen-bond acceptors (Lipinski definition) is 5. The summed E-state index contributed by atoms with van der Waals surface area (Å²) in [6.45, 7) is 0. The van der Waals surface area contributed by atoms with E-state index >= 15 is 0 Å². The van der Waals surface area contributed by atoms with Crippen molar-refractivity contribution in [3.63, 3.8) is 0 Å². The molecule has 0 amide bonds. The average Bonchev–Trinajstić information content (AvgIpc) is 2.33. The molecule has 0 saturated carbocycles. The Balaban J connectivity index is 2.08. The largest absolute Gasteiger partial charge is 0.386 e. The van der Waals surface area contributed by atoms with Gasteiger partial charge < -0.3 is 4.18 Å². The van der Waals surface area contributed by atoms with Crippen molar-refractivity contribution in [3.05, 3.63) is 35.9 Å². The van der Waals surface area contributed by atoms with Crippen LogP contribution in [0.25, 0.3) is 0 Å². The minimum absolute atomic E-state index is 0.216. The van der Waals surface area contributed by atoms with Crippen LogP contribution in [0, 0.1) is 0 Å². The average molecular weight is 272 g/mol. The first-order valence-corrected chi connectivity index (χ1v) is 7.17. The number of thiocarbonyl (C=S) groups is 1. The smallest absolute Gasteiger partial charge is 0.319 e. The van der Waals surface area contributed by atoms with E-state index in [0.717, 1.165) is 23.5 Å². The first-order valence-electron chi connectivity index (χ1n) is 4.74. The van der Waals surface area contributed by atoms with E-state index in [0.29, 0.717) is 6.42 Å². The summed E-state index contributed by atoms with van der Waals surface area (Å²) in [6, 6.07) is 10.2. The number of rotatable bonds is 7. The van der Waals surface area contributed by atoms with E-state index in [-0.39, 0.29) is 5.97 Å². The van der Waals surface area contributed by atoms with Crippen molar-refractivity contribution in [2.24, 2.45) is 0 Å². The second kappa shape index (κ2) is 8.61. The van der Waals surface area contributed by atoms with Crippen molar-refractivity contribution < 1.29 is 8.98 Å². The van der Waals surface area contributed by atoms with Crippen molar-refractivity contribution in [1.82, 2.24) is 0 Å². The van der Waals surface area contributed by atoms with Crippen LogP contribution in [0.5, 0.6) is 0 Å². The molecule has 0 atom stereocenters. The maximum atomic E-state index is 11.1. The van der Waals surface area contributed by atoms with Crippen molar-refractivity contribution in [2.75, 3.05) is 5.75 Å². The molecule has 1 aromatic rings. The maximum absolute atomic E-state index is 11.1. The lowest BCUT2D eigenvalue weighted by Crippen LogP contribution is -2.00. The Bertz CT molecular complexity index is 327. The molecule has 0 fully saturated rings. The second-order valence-corrected chi connectivity index (χ2v) is 5.17. The first kappa shape index (κ1) is 13.5. The van der Waals surface area contributed by atoms with Gasteiger partial charge in [0.1, 0.15) is 0 Å². The van der Waals surface area contributed by atoms with Crippen LogP contribution in [0.2, 0.25) is 0 Å². The number of carbonyl (C=O) groups excluding carboxylic acids is 1. The molecular weight excluding hydrogens is 260 g/mol. The third-order valence-electron chi connectivity index (χ3n) is 1.74. The lowest BCUT2D eigenvalue weighted by atomic mass is 10.2. The highest BCUT2D eigenvalue weighted by Gasteiger charge is 2.02. The summed E-state index contributed by atoms with van der Waals surface area (Å²) in [5, 5.41) is 0. The van der Waals surface area contributed by atoms with Crippen LogP contribution in [0.3, 0.4) is 0 Å². The third-order valence-corrected chi connectivity index (χ3v) is 3.37. The van der Waals surface area contributed by atoms with E-state index < -0.39 is 0 Å². The topological polar surface area (TPSA) is 26.3 Å². The molecule has 16 heavy (non-hydrogen) atoms. The van der Waals surface area contributed by atoms with Gasteiger partial charge in [-0.1, -0.05) is 42.5 Å². The molecule has 1 aromatic carbocycles.